The van der Waals surface area contributed by atoms with Crippen LogP contribution in [0.15, 0.2) is 72.4 Å². The lowest BCUT2D eigenvalue weighted by atomic mass is 10.2. The first-order chi connectivity index (χ1) is 13.8. The van der Waals surface area contributed by atoms with Crippen molar-refractivity contribution in [3.05, 3.63) is 82.9 Å². The minimum Gasteiger partial charge on any atom is -0.487 e. The molecule has 0 saturated heterocycles. The van der Waals surface area contributed by atoms with Gasteiger partial charge in [0.05, 0.1) is 18.4 Å². The van der Waals surface area contributed by atoms with E-state index in [4.69, 9.17) is 9.72 Å². The molecule has 4 aromatic heterocycles. The van der Waals surface area contributed by atoms with Gasteiger partial charge in [0, 0.05) is 16.6 Å². The van der Waals surface area contributed by atoms with E-state index in [1.165, 1.54) is 4.88 Å². The van der Waals surface area contributed by atoms with Gasteiger partial charge in [0.25, 0.3) is 0 Å². The Morgan fingerprint density at radius 2 is 1.96 bits per heavy atom. The Kier molecular flexibility index (Phi) is 4.34. The van der Waals surface area contributed by atoms with Crippen LogP contribution >= 0.6 is 11.3 Å². The molecule has 0 unspecified atom stereocenters. The third kappa shape index (κ3) is 3.39. The normalized spacial score (nSPS) is 11.1. The number of H-pyrrole nitrogens is 1. The first kappa shape index (κ1) is 16.7. The molecule has 0 amide bonds. The molecule has 0 spiro atoms. The van der Waals surface area contributed by atoms with E-state index in [0.717, 1.165) is 40.5 Å². The van der Waals surface area contributed by atoms with Gasteiger partial charge in [-0.1, -0.05) is 12.1 Å². The van der Waals surface area contributed by atoms with Crippen molar-refractivity contribution in [2.24, 2.45) is 0 Å². The number of thiophene rings is 1. The Morgan fingerprint density at radius 3 is 2.75 bits per heavy atom. The largest absolute Gasteiger partial charge is 0.487 e. The molecule has 1 aromatic carbocycles. The van der Waals surface area contributed by atoms with E-state index in [0.29, 0.717) is 6.61 Å². The summed E-state index contributed by atoms with van der Waals surface area (Å²) in [6, 6.07) is 17.9. The zero-order valence-corrected chi connectivity index (χ0v) is 15.8. The molecule has 7 heteroatoms. The lowest BCUT2D eigenvalue weighted by Gasteiger charge is -2.06. The first-order valence-corrected chi connectivity index (χ1v) is 9.80. The lowest BCUT2D eigenvalue weighted by Crippen LogP contribution is -2.00. The summed E-state index contributed by atoms with van der Waals surface area (Å²) in [7, 11) is 0. The van der Waals surface area contributed by atoms with Crippen LogP contribution in [0.25, 0.3) is 22.6 Å². The Morgan fingerprint density at radius 1 is 1.04 bits per heavy atom. The minimum atomic E-state index is 0.448. The summed E-state index contributed by atoms with van der Waals surface area (Å²) < 4.78 is 7.72. The minimum absolute atomic E-state index is 0.448. The number of imidazole rings is 1. The molecule has 4 heterocycles. The Labute approximate surface area is 165 Å². The van der Waals surface area contributed by atoms with E-state index < -0.39 is 0 Å². The van der Waals surface area contributed by atoms with Crippen LogP contribution in [0, 0.1) is 0 Å². The number of ether oxygens (including phenoxy) is 1. The number of nitrogens with one attached hydrogen (secondary N) is 1. The molecule has 0 bridgehead atoms. The number of pyridine rings is 1. The number of aromatic nitrogens is 5. The summed E-state index contributed by atoms with van der Waals surface area (Å²) in [4.78, 5) is 13.6. The number of aromatic amines is 1. The number of hydrogen-bond donors (Lipinski definition) is 1. The summed E-state index contributed by atoms with van der Waals surface area (Å²) in [5.41, 5.74) is 3.70. The maximum Gasteiger partial charge on any atom is 0.177 e. The molecule has 0 aliphatic rings. The molecule has 6 nitrogen and oxygen atoms in total. The van der Waals surface area contributed by atoms with Gasteiger partial charge in [-0.2, -0.15) is 5.10 Å². The molecule has 0 saturated carbocycles. The highest BCUT2D eigenvalue weighted by Crippen LogP contribution is 2.24. The fourth-order valence-corrected chi connectivity index (χ4v) is 3.68. The number of hydrogen-bond acceptors (Lipinski definition) is 5. The average molecular weight is 387 g/mol. The standard InChI is InChI=1S/C21H17N5OS/c1-2-10-22-16(4-1)14-27-17-8-6-15(7-9-17)20-24-19-12-23-26(21(19)25-20)13-18-5-3-11-28-18/h1-12H,13-14H2,(H,24,25). The second-order valence-electron chi connectivity index (χ2n) is 6.34. The van der Waals surface area contributed by atoms with Gasteiger partial charge in [0.2, 0.25) is 0 Å². The third-order valence-corrected chi connectivity index (χ3v) is 5.27. The summed E-state index contributed by atoms with van der Waals surface area (Å²) in [6.07, 6.45) is 3.59. The first-order valence-electron chi connectivity index (χ1n) is 8.92. The van der Waals surface area contributed by atoms with Gasteiger partial charge in [-0.25, -0.2) is 9.67 Å². The number of rotatable bonds is 6. The van der Waals surface area contributed by atoms with Crippen molar-refractivity contribution < 1.29 is 4.74 Å². The molecule has 0 aliphatic carbocycles. The van der Waals surface area contributed by atoms with Crippen LogP contribution in [0.4, 0.5) is 0 Å². The van der Waals surface area contributed by atoms with E-state index in [1.54, 1.807) is 17.5 Å². The van der Waals surface area contributed by atoms with Gasteiger partial charge in [-0.3, -0.25) is 4.98 Å². The molecule has 28 heavy (non-hydrogen) atoms. The SMILES string of the molecule is c1ccc(COc2ccc(-c3nc4c(cnn4Cc4cccs4)[nH]3)cc2)nc1. The number of benzene rings is 1. The zero-order chi connectivity index (χ0) is 18.8. The molecule has 0 fully saturated rings. The highest BCUT2D eigenvalue weighted by atomic mass is 32.1. The molecule has 1 N–H and O–H groups in total. The monoisotopic (exact) mass is 387 g/mol. The van der Waals surface area contributed by atoms with Gasteiger partial charge in [0.15, 0.2) is 5.65 Å². The van der Waals surface area contributed by atoms with Crippen LogP contribution in [0.2, 0.25) is 0 Å². The third-order valence-electron chi connectivity index (χ3n) is 4.41. The predicted octanol–water partition coefficient (Wildman–Crippen LogP) is 4.51. The second-order valence-corrected chi connectivity index (χ2v) is 7.37. The van der Waals surface area contributed by atoms with Gasteiger partial charge in [0.1, 0.15) is 23.7 Å². The molecule has 5 aromatic rings. The van der Waals surface area contributed by atoms with Crippen LogP contribution in [-0.4, -0.2) is 24.7 Å². The second kappa shape index (κ2) is 7.28. The van der Waals surface area contributed by atoms with Crippen molar-refractivity contribution in [2.75, 3.05) is 0 Å². The van der Waals surface area contributed by atoms with Crippen molar-refractivity contribution >= 4 is 22.5 Å². The van der Waals surface area contributed by atoms with Gasteiger partial charge in [-0.15, -0.1) is 11.3 Å². The van der Waals surface area contributed by atoms with Crippen molar-refractivity contribution in [1.82, 2.24) is 24.7 Å². The van der Waals surface area contributed by atoms with E-state index >= 15 is 0 Å². The molecule has 0 atom stereocenters. The summed E-state index contributed by atoms with van der Waals surface area (Å²) in [5, 5.41) is 6.51. The van der Waals surface area contributed by atoms with Gasteiger partial charge in [-0.05, 0) is 47.8 Å². The highest BCUT2D eigenvalue weighted by Gasteiger charge is 2.11. The van der Waals surface area contributed by atoms with Crippen molar-refractivity contribution in [1.29, 1.82) is 0 Å². The lowest BCUT2D eigenvalue weighted by molar-refractivity contribution is 0.301. The van der Waals surface area contributed by atoms with Gasteiger partial charge < -0.3 is 9.72 Å². The van der Waals surface area contributed by atoms with Crippen molar-refractivity contribution in [3.8, 4) is 17.1 Å². The predicted molar refractivity (Wildman–Crippen MR) is 109 cm³/mol. The molecule has 138 valence electrons. The van der Waals surface area contributed by atoms with E-state index in [-0.39, 0.29) is 0 Å². The average Bonchev–Trinajstić information content (AvgIpc) is 3.47. The molecule has 0 aliphatic heterocycles. The molecule has 0 radical (unpaired) electrons. The number of nitrogens with zero attached hydrogens (tertiary/aromatic N) is 4. The summed E-state index contributed by atoms with van der Waals surface area (Å²) in [6.45, 7) is 1.18. The van der Waals surface area contributed by atoms with E-state index in [2.05, 4.69) is 26.5 Å². The van der Waals surface area contributed by atoms with Crippen LogP contribution in [0.1, 0.15) is 10.6 Å². The fraction of sp³-hybridized carbons (Fsp3) is 0.0952. The van der Waals surface area contributed by atoms with Crippen LogP contribution in [0.3, 0.4) is 0 Å². The highest BCUT2D eigenvalue weighted by molar-refractivity contribution is 7.09. The molecular weight excluding hydrogens is 370 g/mol. The van der Waals surface area contributed by atoms with Gasteiger partial charge >= 0.3 is 0 Å². The summed E-state index contributed by atoms with van der Waals surface area (Å²) in [5.74, 6) is 1.62. The molecule has 5 rings (SSSR count). The van der Waals surface area contributed by atoms with Crippen molar-refractivity contribution in [2.45, 2.75) is 13.2 Å². The van der Waals surface area contributed by atoms with Crippen molar-refractivity contribution in [3.63, 3.8) is 0 Å². The van der Waals surface area contributed by atoms with E-state index in [1.807, 2.05) is 59.4 Å². The molecular formula is C21H17N5OS. The maximum absolute atomic E-state index is 5.80. The Bertz CT molecular complexity index is 1180. The quantitative estimate of drug-likeness (QED) is 0.465. The summed E-state index contributed by atoms with van der Waals surface area (Å²) >= 11 is 1.72. The van der Waals surface area contributed by atoms with Crippen LogP contribution in [-0.2, 0) is 13.2 Å². The maximum atomic E-state index is 5.80. The van der Waals surface area contributed by atoms with Crippen LogP contribution in [0.5, 0.6) is 5.75 Å². The zero-order valence-electron chi connectivity index (χ0n) is 14.9. The Balaban J connectivity index is 1.33. The topological polar surface area (TPSA) is 68.6 Å². The Hall–Kier alpha value is -3.45. The fourth-order valence-electron chi connectivity index (χ4n) is 3.00. The van der Waals surface area contributed by atoms with Crippen LogP contribution < -0.4 is 4.74 Å². The van der Waals surface area contributed by atoms with E-state index in [9.17, 15) is 0 Å². The smallest absolute Gasteiger partial charge is 0.177 e. The number of fused-ring (bicyclic) bond motifs is 1.